The van der Waals surface area contributed by atoms with E-state index in [9.17, 15) is 4.79 Å². The summed E-state index contributed by atoms with van der Waals surface area (Å²) in [4.78, 5) is 12.1. The van der Waals surface area contributed by atoms with Crippen LogP contribution in [0.2, 0.25) is 0 Å². The molecule has 1 atom stereocenters. The topological polar surface area (TPSA) is 47.6 Å². The molecule has 0 saturated carbocycles. The van der Waals surface area contributed by atoms with Gasteiger partial charge >= 0.3 is 0 Å². The fourth-order valence-corrected chi connectivity index (χ4v) is 2.88. The van der Waals surface area contributed by atoms with Crippen molar-refractivity contribution in [1.82, 2.24) is 5.32 Å². The molecule has 0 radical (unpaired) electrons. The van der Waals surface area contributed by atoms with Crippen molar-refractivity contribution in [3.05, 3.63) is 65.2 Å². The van der Waals surface area contributed by atoms with Gasteiger partial charge in [0.05, 0.1) is 6.61 Å². The molecule has 1 N–H and O–H groups in total. The number of hydrogen-bond acceptors (Lipinski definition) is 3. The molecule has 2 aromatic carbocycles. The summed E-state index contributed by atoms with van der Waals surface area (Å²) in [5.41, 5.74) is 3.07. The lowest BCUT2D eigenvalue weighted by atomic mass is 10.1. The molecule has 2 aromatic rings. The highest BCUT2D eigenvalue weighted by Gasteiger charge is 2.21. The molecule has 0 saturated heterocycles. The fraction of sp³-hybridized carbons (Fsp3) is 0.286. The lowest BCUT2D eigenvalue weighted by Crippen LogP contribution is -2.20. The number of rotatable bonds is 6. The van der Waals surface area contributed by atoms with E-state index in [-0.39, 0.29) is 12.0 Å². The Morgan fingerprint density at radius 1 is 1.32 bits per heavy atom. The van der Waals surface area contributed by atoms with E-state index in [4.69, 9.17) is 9.47 Å². The Hall–Kier alpha value is -2.75. The molecule has 4 heteroatoms. The lowest BCUT2D eigenvalue weighted by molar-refractivity contribution is -0.116. The van der Waals surface area contributed by atoms with Crippen LogP contribution in [-0.2, 0) is 17.8 Å². The number of fused-ring (bicyclic) bond motifs is 1. The lowest BCUT2D eigenvalue weighted by Gasteiger charge is -2.10. The van der Waals surface area contributed by atoms with Crippen LogP contribution < -0.4 is 14.8 Å². The summed E-state index contributed by atoms with van der Waals surface area (Å²) in [6.07, 6.45) is 4.37. The van der Waals surface area contributed by atoms with Crippen LogP contribution in [0.3, 0.4) is 0 Å². The smallest absolute Gasteiger partial charge is 0.244 e. The Morgan fingerprint density at radius 3 is 2.88 bits per heavy atom. The van der Waals surface area contributed by atoms with Crippen molar-refractivity contribution >= 4 is 12.0 Å². The molecule has 0 aliphatic carbocycles. The van der Waals surface area contributed by atoms with Crippen molar-refractivity contribution in [3.8, 4) is 11.5 Å². The highest BCUT2D eigenvalue weighted by molar-refractivity contribution is 5.92. The molecule has 1 aliphatic heterocycles. The van der Waals surface area contributed by atoms with E-state index < -0.39 is 0 Å². The van der Waals surface area contributed by atoms with Gasteiger partial charge in [0.1, 0.15) is 17.6 Å². The van der Waals surface area contributed by atoms with Crippen LogP contribution in [-0.4, -0.2) is 18.6 Å². The molecule has 0 aromatic heterocycles. The van der Waals surface area contributed by atoms with E-state index in [0.29, 0.717) is 13.2 Å². The normalized spacial score (nSPS) is 15.7. The van der Waals surface area contributed by atoms with Gasteiger partial charge in [0.15, 0.2) is 0 Å². The molecular weight excluding hydrogens is 314 g/mol. The summed E-state index contributed by atoms with van der Waals surface area (Å²) in [5, 5.41) is 2.88. The number of hydrogen-bond donors (Lipinski definition) is 1. The molecule has 1 aliphatic rings. The SMILES string of the molecule is CCOc1cc2c(cc1/C=C/C(=O)NCc1ccccc1)O[C@H](C)C2. The largest absolute Gasteiger partial charge is 0.493 e. The summed E-state index contributed by atoms with van der Waals surface area (Å²) in [5.74, 6) is 1.52. The van der Waals surface area contributed by atoms with Crippen LogP contribution in [0.15, 0.2) is 48.5 Å². The number of carbonyl (C=O) groups excluding carboxylic acids is 1. The van der Waals surface area contributed by atoms with Crippen molar-refractivity contribution in [3.63, 3.8) is 0 Å². The zero-order valence-electron chi connectivity index (χ0n) is 14.6. The molecule has 130 valence electrons. The minimum Gasteiger partial charge on any atom is -0.493 e. The Morgan fingerprint density at radius 2 is 2.12 bits per heavy atom. The second kappa shape index (κ2) is 7.88. The van der Waals surface area contributed by atoms with E-state index in [0.717, 1.165) is 34.6 Å². The monoisotopic (exact) mass is 337 g/mol. The summed E-state index contributed by atoms with van der Waals surface area (Å²) < 4.78 is 11.5. The second-order valence-electron chi connectivity index (χ2n) is 6.10. The quantitative estimate of drug-likeness (QED) is 0.817. The van der Waals surface area contributed by atoms with E-state index in [1.807, 2.05) is 56.3 Å². The zero-order valence-corrected chi connectivity index (χ0v) is 14.6. The standard InChI is InChI=1S/C21H23NO3/c1-3-24-19-13-18-11-15(2)25-20(18)12-17(19)9-10-21(23)22-14-16-7-5-4-6-8-16/h4-10,12-13,15H,3,11,14H2,1-2H3,(H,22,23)/b10-9+/t15-/m1/s1. The summed E-state index contributed by atoms with van der Waals surface area (Å²) >= 11 is 0. The molecule has 0 unspecified atom stereocenters. The maximum Gasteiger partial charge on any atom is 0.244 e. The number of nitrogens with one attached hydrogen (secondary N) is 1. The van der Waals surface area contributed by atoms with Gasteiger partial charge in [-0.05, 0) is 37.6 Å². The van der Waals surface area contributed by atoms with Crippen molar-refractivity contribution in [1.29, 1.82) is 0 Å². The number of carbonyl (C=O) groups is 1. The number of ether oxygens (including phenoxy) is 2. The Labute approximate surface area is 148 Å². The van der Waals surface area contributed by atoms with Gasteiger partial charge in [-0.15, -0.1) is 0 Å². The molecule has 3 rings (SSSR count). The van der Waals surface area contributed by atoms with Gasteiger partial charge in [0, 0.05) is 30.2 Å². The fourth-order valence-electron chi connectivity index (χ4n) is 2.88. The van der Waals surface area contributed by atoms with Gasteiger partial charge < -0.3 is 14.8 Å². The van der Waals surface area contributed by atoms with Gasteiger partial charge in [0.2, 0.25) is 5.91 Å². The third-order valence-corrected chi connectivity index (χ3v) is 4.05. The summed E-state index contributed by atoms with van der Waals surface area (Å²) in [6.45, 7) is 5.09. The van der Waals surface area contributed by atoms with Crippen molar-refractivity contribution in [2.75, 3.05) is 6.61 Å². The van der Waals surface area contributed by atoms with E-state index in [1.165, 1.54) is 6.08 Å². The van der Waals surface area contributed by atoms with Crippen LogP contribution in [0.4, 0.5) is 0 Å². The maximum atomic E-state index is 12.1. The molecular formula is C21H23NO3. The first-order chi connectivity index (χ1) is 12.2. The van der Waals surface area contributed by atoms with Crippen molar-refractivity contribution in [2.45, 2.75) is 32.9 Å². The Balaban J connectivity index is 1.69. The van der Waals surface area contributed by atoms with E-state index in [2.05, 4.69) is 5.32 Å². The van der Waals surface area contributed by atoms with Gasteiger partial charge in [0.25, 0.3) is 0 Å². The van der Waals surface area contributed by atoms with Crippen LogP contribution in [0.5, 0.6) is 11.5 Å². The van der Waals surface area contributed by atoms with Gasteiger partial charge in [-0.3, -0.25) is 4.79 Å². The average Bonchev–Trinajstić information content (AvgIpc) is 2.98. The van der Waals surface area contributed by atoms with Crippen molar-refractivity contribution in [2.24, 2.45) is 0 Å². The van der Waals surface area contributed by atoms with Crippen molar-refractivity contribution < 1.29 is 14.3 Å². The third-order valence-electron chi connectivity index (χ3n) is 4.05. The first-order valence-electron chi connectivity index (χ1n) is 8.62. The van der Waals surface area contributed by atoms with Gasteiger partial charge in [-0.1, -0.05) is 30.3 Å². The highest BCUT2D eigenvalue weighted by Crippen LogP contribution is 2.35. The van der Waals surface area contributed by atoms with Crippen LogP contribution in [0.1, 0.15) is 30.5 Å². The molecule has 1 amide bonds. The second-order valence-corrected chi connectivity index (χ2v) is 6.10. The molecule has 25 heavy (non-hydrogen) atoms. The average molecular weight is 337 g/mol. The first-order valence-corrected chi connectivity index (χ1v) is 8.62. The molecule has 0 spiro atoms. The summed E-state index contributed by atoms with van der Waals surface area (Å²) in [6, 6.07) is 13.8. The minimum atomic E-state index is -0.138. The predicted octanol–water partition coefficient (Wildman–Crippen LogP) is 3.74. The number of benzene rings is 2. The highest BCUT2D eigenvalue weighted by atomic mass is 16.5. The third kappa shape index (κ3) is 4.41. The maximum absolute atomic E-state index is 12.1. The van der Waals surface area contributed by atoms with Gasteiger partial charge in [-0.25, -0.2) is 0 Å². The molecule has 1 heterocycles. The van der Waals surface area contributed by atoms with Gasteiger partial charge in [-0.2, -0.15) is 0 Å². The van der Waals surface area contributed by atoms with E-state index >= 15 is 0 Å². The molecule has 0 fully saturated rings. The summed E-state index contributed by atoms with van der Waals surface area (Å²) in [7, 11) is 0. The Kier molecular flexibility index (Phi) is 5.39. The minimum absolute atomic E-state index is 0.138. The van der Waals surface area contributed by atoms with E-state index in [1.54, 1.807) is 6.08 Å². The number of amides is 1. The van der Waals surface area contributed by atoms with Crippen LogP contribution in [0.25, 0.3) is 6.08 Å². The molecule has 4 nitrogen and oxygen atoms in total. The zero-order chi connectivity index (χ0) is 17.6. The van der Waals surface area contributed by atoms with Crippen LogP contribution >= 0.6 is 0 Å². The molecule has 0 bridgehead atoms. The first kappa shape index (κ1) is 17.1. The Bertz CT molecular complexity index is 768. The predicted molar refractivity (Wildman–Crippen MR) is 98.7 cm³/mol. The van der Waals surface area contributed by atoms with Crippen LogP contribution in [0, 0.1) is 0 Å².